The maximum absolute atomic E-state index is 12.3. The third-order valence-corrected chi connectivity index (χ3v) is 1.80. The van der Waals surface area contributed by atoms with E-state index in [0.717, 1.165) is 6.07 Å². The summed E-state index contributed by atoms with van der Waals surface area (Å²) in [7, 11) is 0. The lowest BCUT2D eigenvalue weighted by atomic mass is 10.1. The van der Waals surface area contributed by atoms with Gasteiger partial charge in [-0.15, -0.1) is 0 Å². The number of hydrogen-bond donors (Lipinski definition) is 1. The van der Waals surface area contributed by atoms with Gasteiger partial charge in [-0.25, -0.2) is 13.8 Å². The van der Waals surface area contributed by atoms with Crippen LogP contribution in [0.1, 0.15) is 28.0 Å². The summed E-state index contributed by atoms with van der Waals surface area (Å²) in [6.45, 7) is 0. The first-order valence-corrected chi connectivity index (χ1v) is 4.03. The number of nitrogens with zero attached hydrogens (tertiary/aromatic N) is 2. The van der Waals surface area contributed by atoms with Crippen molar-refractivity contribution in [3.05, 3.63) is 22.9 Å². The zero-order chi connectivity index (χ0) is 11.6. The van der Waals surface area contributed by atoms with Gasteiger partial charge in [0.2, 0.25) is 0 Å². The van der Waals surface area contributed by atoms with E-state index in [-0.39, 0.29) is 5.56 Å². The number of rotatable bonds is 2. The van der Waals surface area contributed by atoms with Crippen molar-refractivity contribution in [2.75, 3.05) is 5.73 Å². The van der Waals surface area contributed by atoms with E-state index >= 15 is 0 Å². The van der Waals surface area contributed by atoms with E-state index < -0.39 is 28.7 Å². The number of carbonyl (C=O) groups is 1. The van der Waals surface area contributed by atoms with Gasteiger partial charge in [-0.1, -0.05) is 0 Å². The SMILES string of the molecule is N#Cc1cc(C(F)F)c(N)nc1C(=O)Cl. The fraction of sp³-hybridized carbons (Fsp3) is 0.125. The Morgan fingerprint density at radius 2 is 2.27 bits per heavy atom. The molecule has 0 aliphatic carbocycles. The molecule has 1 heterocycles. The van der Waals surface area contributed by atoms with Crippen LogP contribution in [0.15, 0.2) is 6.07 Å². The maximum atomic E-state index is 12.3. The molecule has 0 atom stereocenters. The van der Waals surface area contributed by atoms with E-state index in [4.69, 9.17) is 22.6 Å². The number of halogens is 3. The van der Waals surface area contributed by atoms with Crippen LogP contribution in [0.3, 0.4) is 0 Å². The summed E-state index contributed by atoms with van der Waals surface area (Å²) in [5.74, 6) is -0.506. The Morgan fingerprint density at radius 3 is 2.67 bits per heavy atom. The molecule has 0 radical (unpaired) electrons. The smallest absolute Gasteiger partial charge is 0.272 e. The van der Waals surface area contributed by atoms with Gasteiger partial charge in [0.05, 0.1) is 11.1 Å². The number of alkyl halides is 2. The van der Waals surface area contributed by atoms with Crippen LogP contribution < -0.4 is 5.73 Å². The molecule has 7 heteroatoms. The number of pyridine rings is 1. The Morgan fingerprint density at radius 1 is 1.67 bits per heavy atom. The number of carbonyl (C=O) groups excluding carboxylic acids is 1. The minimum absolute atomic E-state index is 0.320. The van der Waals surface area contributed by atoms with Crippen LogP contribution in [-0.2, 0) is 0 Å². The molecule has 0 unspecified atom stereocenters. The first kappa shape index (κ1) is 11.3. The number of nitrogens with two attached hydrogens (primary N) is 1. The first-order valence-electron chi connectivity index (χ1n) is 3.66. The van der Waals surface area contributed by atoms with Gasteiger partial charge in [0.15, 0.2) is 0 Å². The molecule has 0 saturated heterocycles. The van der Waals surface area contributed by atoms with E-state index in [0.29, 0.717) is 0 Å². The Labute approximate surface area is 88.3 Å². The van der Waals surface area contributed by atoms with Gasteiger partial charge in [-0.2, -0.15) is 5.26 Å². The van der Waals surface area contributed by atoms with Gasteiger partial charge in [0, 0.05) is 0 Å². The summed E-state index contributed by atoms with van der Waals surface area (Å²) >= 11 is 5.10. The van der Waals surface area contributed by atoms with Crippen LogP contribution in [0.4, 0.5) is 14.6 Å². The summed E-state index contributed by atoms with van der Waals surface area (Å²) in [5.41, 5.74) is 3.85. The summed E-state index contributed by atoms with van der Waals surface area (Å²) in [6.07, 6.45) is -2.86. The largest absolute Gasteiger partial charge is 0.383 e. The number of nitriles is 1. The van der Waals surface area contributed by atoms with Gasteiger partial charge in [0.1, 0.15) is 17.6 Å². The fourth-order valence-corrected chi connectivity index (χ4v) is 1.10. The van der Waals surface area contributed by atoms with E-state index in [1.54, 1.807) is 6.07 Å². The standard InChI is InChI=1S/C8H4ClF2N3O/c9-6(15)5-3(2-12)1-4(7(10)11)8(13)14-5/h1,7H,(H2,13,14). The minimum atomic E-state index is -2.86. The number of nitrogen functional groups attached to an aromatic ring is 1. The summed E-state index contributed by atoms with van der Waals surface area (Å²) in [6, 6.07) is 2.35. The van der Waals surface area contributed by atoms with Gasteiger partial charge in [0.25, 0.3) is 11.7 Å². The van der Waals surface area contributed by atoms with Gasteiger partial charge in [-0.05, 0) is 17.7 Å². The van der Waals surface area contributed by atoms with Crippen LogP contribution in [-0.4, -0.2) is 10.2 Å². The molecule has 0 aromatic carbocycles. The van der Waals surface area contributed by atoms with Crippen molar-refractivity contribution in [3.63, 3.8) is 0 Å². The topological polar surface area (TPSA) is 79.8 Å². The number of hydrogen-bond acceptors (Lipinski definition) is 4. The maximum Gasteiger partial charge on any atom is 0.272 e. The highest BCUT2D eigenvalue weighted by Crippen LogP contribution is 2.26. The molecular weight excluding hydrogens is 228 g/mol. The highest BCUT2D eigenvalue weighted by atomic mass is 35.5. The van der Waals surface area contributed by atoms with Crippen LogP contribution in [0.2, 0.25) is 0 Å². The summed E-state index contributed by atoms with van der Waals surface area (Å²) in [5, 5.41) is 7.56. The van der Waals surface area contributed by atoms with Crippen LogP contribution in [0.25, 0.3) is 0 Å². The molecule has 2 N–H and O–H groups in total. The first-order chi connectivity index (χ1) is 6.97. The summed E-state index contributed by atoms with van der Waals surface area (Å²) < 4.78 is 24.7. The fourth-order valence-electron chi connectivity index (χ4n) is 0.953. The molecule has 0 saturated carbocycles. The van der Waals surface area contributed by atoms with Gasteiger partial charge < -0.3 is 5.73 Å². The molecule has 78 valence electrons. The van der Waals surface area contributed by atoms with Gasteiger partial charge >= 0.3 is 0 Å². The highest BCUT2D eigenvalue weighted by Gasteiger charge is 2.19. The molecule has 4 nitrogen and oxygen atoms in total. The summed E-state index contributed by atoms with van der Waals surface area (Å²) in [4.78, 5) is 14.1. The monoisotopic (exact) mass is 231 g/mol. The quantitative estimate of drug-likeness (QED) is 0.788. The molecular formula is C8H4ClF2N3O. The molecule has 0 fully saturated rings. The third-order valence-electron chi connectivity index (χ3n) is 1.62. The molecule has 0 amide bonds. The highest BCUT2D eigenvalue weighted by molar-refractivity contribution is 6.67. The molecule has 0 aliphatic heterocycles. The molecule has 1 rings (SSSR count). The zero-order valence-electron chi connectivity index (χ0n) is 7.17. The zero-order valence-corrected chi connectivity index (χ0v) is 7.92. The molecule has 15 heavy (non-hydrogen) atoms. The van der Waals surface area contributed by atoms with Crippen molar-refractivity contribution in [1.82, 2.24) is 4.98 Å². The average molecular weight is 232 g/mol. The lowest BCUT2D eigenvalue weighted by Crippen LogP contribution is -2.06. The molecule has 0 aliphatic rings. The Kier molecular flexibility index (Phi) is 3.17. The molecule has 0 spiro atoms. The average Bonchev–Trinajstić information content (AvgIpc) is 2.16. The van der Waals surface area contributed by atoms with Crippen molar-refractivity contribution in [3.8, 4) is 6.07 Å². The van der Waals surface area contributed by atoms with Crippen molar-refractivity contribution in [2.24, 2.45) is 0 Å². The van der Waals surface area contributed by atoms with Crippen LogP contribution in [0.5, 0.6) is 0 Å². The second kappa shape index (κ2) is 4.19. The lowest BCUT2D eigenvalue weighted by Gasteiger charge is -2.05. The third kappa shape index (κ3) is 2.19. The molecule has 1 aromatic heterocycles. The lowest BCUT2D eigenvalue weighted by molar-refractivity contribution is 0.107. The van der Waals surface area contributed by atoms with Crippen molar-refractivity contribution >= 4 is 22.7 Å². The van der Waals surface area contributed by atoms with E-state index in [1.807, 2.05) is 0 Å². The van der Waals surface area contributed by atoms with E-state index in [9.17, 15) is 13.6 Å². The van der Waals surface area contributed by atoms with Crippen molar-refractivity contribution < 1.29 is 13.6 Å². The van der Waals surface area contributed by atoms with E-state index in [2.05, 4.69) is 4.98 Å². The Bertz CT molecular complexity index is 456. The normalized spacial score (nSPS) is 10.1. The van der Waals surface area contributed by atoms with Crippen LogP contribution in [0, 0.1) is 11.3 Å². The Balaban J connectivity index is 3.44. The predicted octanol–water partition coefficient (Wildman–Crippen LogP) is 1.85. The number of aromatic nitrogens is 1. The second-order valence-corrected chi connectivity index (χ2v) is 2.89. The van der Waals surface area contributed by atoms with Crippen LogP contribution >= 0.6 is 11.6 Å². The number of anilines is 1. The van der Waals surface area contributed by atoms with Crippen molar-refractivity contribution in [2.45, 2.75) is 6.43 Å². The van der Waals surface area contributed by atoms with Gasteiger partial charge in [-0.3, -0.25) is 4.79 Å². The van der Waals surface area contributed by atoms with E-state index in [1.165, 1.54) is 0 Å². The molecule has 1 aromatic rings. The molecule has 0 bridgehead atoms. The Hall–Kier alpha value is -1.74. The second-order valence-electron chi connectivity index (χ2n) is 2.55. The predicted molar refractivity (Wildman–Crippen MR) is 48.5 cm³/mol. The minimum Gasteiger partial charge on any atom is -0.383 e. The van der Waals surface area contributed by atoms with Crippen molar-refractivity contribution in [1.29, 1.82) is 5.26 Å².